The molecule has 0 amide bonds. The summed E-state index contributed by atoms with van der Waals surface area (Å²) in [5.74, 6) is 0.838. The van der Waals surface area contributed by atoms with Gasteiger partial charge in [-0.25, -0.2) is 0 Å². The van der Waals surface area contributed by atoms with E-state index < -0.39 is 0 Å². The fraction of sp³-hybridized carbons (Fsp3) is 0.611. The van der Waals surface area contributed by atoms with Gasteiger partial charge < -0.3 is 20.5 Å². The summed E-state index contributed by atoms with van der Waals surface area (Å²) in [6, 6.07) is 10.0. The molecule has 0 saturated carbocycles. The van der Waals surface area contributed by atoms with Gasteiger partial charge in [-0.05, 0) is 31.7 Å². The fourth-order valence-electron chi connectivity index (χ4n) is 2.76. The molecule has 1 aromatic rings. The van der Waals surface area contributed by atoms with Crippen molar-refractivity contribution in [1.29, 1.82) is 0 Å². The molecular weight excluding hydrogens is 417 g/mol. The van der Waals surface area contributed by atoms with E-state index in [1.54, 1.807) is 0 Å². The number of guanidine groups is 1. The van der Waals surface area contributed by atoms with Gasteiger partial charge in [-0.15, -0.1) is 24.0 Å². The average Bonchev–Trinajstić information content (AvgIpc) is 3.10. The lowest BCUT2D eigenvalue weighted by Gasteiger charge is -2.16. The highest BCUT2D eigenvalue weighted by Gasteiger charge is 2.15. The van der Waals surface area contributed by atoms with Gasteiger partial charge in [0.1, 0.15) is 0 Å². The summed E-state index contributed by atoms with van der Waals surface area (Å²) in [6.07, 6.45) is 3.73. The molecule has 0 bridgehead atoms. The molecule has 0 aromatic heterocycles. The Hall–Kier alpha value is -0.860. The zero-order valence-electron chi connectivity index (χ0n) is 14.4. The van der Waals surface area contributed by atoms with E-state index in [-0.39, 0.29) is 36.5 Å². The number of rotatable bonds is 8. The minimum atomic E-state index is 0. The van der Waals surface area contributed by atoms with E-state index in [0.717, 1.165) is 44.1 Å². The Morgan fingerprint density at radius 2 is 2.12 bits per heavy atom. The molecule has 3 N–H and O–H groups in total. The highest BCUT2D eigenvalue weighted by molar-refractivity contribution is 14.0. The molecule has 2 unspecified atom stereocenters. The minimum absolute atomic E-state index is 0. The van der Waals surface area contributed by atoms with E-state index in [1.807, 2.05) is 30.3 Å². The normalized spacial score (nSPS) is 18.8. The number of aliphatic hydroxyl groups is 1. The quantitative estimate of drug-likeness (QED) is 0.326. The Labute approximate surface area is 162 Å². The molecule has 6 heteroatoms. The first-order valence-corrected chi connectivity index (χ1v) is 8.63. The molecule has 1 saturated heterocycles. The maximum Gasteiger partial charge on any atom is 0.191 e. The standard InChI is InChI=1S/C18H29N3O2.HI/c1-2-19-18(20-11-10-17-9-6-12-23-17)21-13-16(14-22)15-7-4-3-5-8-15;/h3-5,7-8,16-17,22H,2,6,9-14H2,1H3,(H2,19,20,21);1H. The lowest BCUT2D eigenvalue weighted by atomic mass is 10.0. The van der Waals surface area contributed by atoms with Crippen LogP contribution in [-0.2, 0) is 4.74 Å². The largest absolute Gasteiger partial charge is 0.396 e. The SMILES string of the molecule is CCNC(=NCC(CO)c1ccccc1)NCCC1CCCO1.I. The Kier molecular flexibility index (Phi) is 11.0. The van der Waals surface area contributed by atoms with Crippen molar-refractivity contribution in [3.05, 3.63) is 35.9 Å². The van der Waals surface area contributed by atoms with Gasteiger partial charge in [-0.1, -0.05) is 30.3 Å². The number of nitrogens with one attached hydrogen (secondary N) is 2. The van der Waals surface area contributed by atoms with Crippen LogP contribution < -0.4 is 10.6 Å². The zero-order chi connectivity index (χ0) is 16.3. The molecule has 2 rings (SSSR count). The van der Waals surface area contributed by atoms with Crippen molar-refractivity contribution in [2.75, 3.05) is 32.8 Å². The summed E-state index contributed by atoms with van der Waals surface area (Å²) in [7, 11) is 0. The van der Waals surface area contributed by atoms with Crippen LogP contribution in [0.5, 0.6) is 0 Å². The van der Waals surface area contributed by atoms with E-state index in [2.05, 4.69) is 22.5 Å². The molecule has 136 valence electrons. The molecule has 0 radical (unpaired) electrons. The number of hydrogen-bond donors (Lipinski definition) is 3. The number of aliphatic hydroxyl groups excluding tert-OH is 1. The van der Waals surface area contributed by atoms with Crippen molar-refractivity contribution in [3.8, 4) is 0 Å². The third-order valence-electron chi connectivity index (χ3n) is 4.09. The van der Waals surface area contributed by atoms with Crippen molar-refractivity contribution < 1.29 is 9.84 Å². The average molecular weight is 447 g/mol. The predicted molar refractivity (Wildman–Crippen MR) is 109 cm³/mol. The minimum Gasteiger partial charge on any atom is -0.396 e. The van der Waals surface area contributed by atoms with Gasteiger partial charge >= 0.3 is 0 Å². The zero-order valence-corrected chi connectivity index (χ0v) is 16.7. The molecule has 1 fully saturated rings. The lowest BCUT2D eigenvalue weighted by molar-refractivity contribution is 0.105. The van der Waals surface area contributed by atoms with Crippen LogP contribution in [0.1, 0.15) is 37.7 Å². The van der Waals surface area contributed by atoms with Gasteiger partial charge in [0.05, 0.1) is 19.3 Å². The van der Waals surface area contributed by atoms with Crippen LogP contribution >= 0.6 is 24.0 Å². The number of benzene rings is 1. The van der Waals surface area contributed by atoms with Crippen LogP contribution in [-0.4, -0.2) is 50.0 Å². The first kappa shape index (κ1) is 21.2. The Balaban J connectivity index is 0.00000288. The number of halogens is 1. The highest BCUT2D eigenvalue weighted by atomic mass is 127. The second-order valence-corrected chi connectivity index (χ2v) is 5.86. The van der Waals surface area contributed by atoms with E-state index in [1.165, 1.54) is 6.42 Å². The highest BCUT2D eigenvalue weighted by Crippen LogP contribution is 2.15. The first-order valence-electron chi connectivity index (χ1n) is 8.63. The summed E-state index contributed by atoms with van der Waals surface area (Å²) in [5.41, 5.74) is 1.12. The number of ether oxygens (including phenoxy) is 1. The van der Waals surface area contributed by atoms with Crippen molar-refractivity contribution in [1.82, 2.24) is 10.6 Å². The maximum atomic E-state index is 9.62. The Morgan fingerprint density at radius 3 is 2.75 bits per heavy atom. The number of aliphatic imine (C=N–C) groups is 1. The number of nitrogens with zero attached hydrogens (tertiary/aromatic N) is 1. The van der Waals surface area contributed by atoms with Gasteiger partial charge in [-0.3, -0.25) is 4.99 Å². The molecule has 2 atom stereocenters. The number of hydrogen-bond acceptors (Lipinski definition) is 3. The van der Waals surface area contributed by atoms with Crippen LogP contribution in [0.15, 0.2) is 35.3 Å². The molecule has 1 aliphatic rings. The summed E-state index contributed by atoms with van der Waals surface area (Å²) < 4.78 is 5.63. The molecule has 1 aromatic carbocycles. The van der Waals surface area contributed by atoms with E-state index in [0.29, 0.717) is 12.6 Å². The molecule has 0 aliphatic carbocycles. The Morgan fingerprint density at radius 1 is 1.33 bits per heavy atom. The van der Waals surface area contributed by atoms with Crippen molar-refractivity contribution in [2.45, 2.75) is 38.2 Å². The maximum absolute atomic E-state index is 9.62. The summed E-state index contributed by atoms with van der Waals surface area (Å²) >= 11 is 0. The molecular formula is C18H30IN3O2. The van der Waals surface area contributed by atoms with Gasteiger partial charge in [0.25, 0.3) is 0 Å². The van der Waals surface area contributed by atoms with E-state index in [4.69, 9.17) is 4.74 Å². The summed E-state index contributed by atoms with van der Waals surface area (Å²) in [5, 5.41) is 16.2. The van der Waals surface area contributed by atoms with Gasteiger partial charge in [0, 0.05) is 25.6 Å². The first-order chi connectivity index (χ1) is 11.3. The van der Waals surface area contributed by atoms with Crippen LogP contribution in [0.25, 0.3) is 0 Å². The second-order valence-electron chi connectivity index (χ2n) is 5.86. The van der Waals surface area contributed by atoms with Gasteiger partial charge in [-0.2, -0.15) is 0 Å². The van der Waals surface area contributed by atoms with Crippen LogP contribution in [0.3, 0.4) is 0 Å². The summed E-state index contributed by atoms with van der Waals surface area (Å²) in [6.45, 7) is 5.29. The van der Waals surface area contributed by atoms with Crippen molar-refractivity contribution >= 4 is 29.9 Å². The van der Waals surface area contributed by atoms with Crippen LogP contribution in [0.4, 0.5) is 0 Å². The predicted octanol–water partition coefficient (Wildman–Crippen LogP) is 2.50. The molecule has 0 spiro atoms. The second kappa shape index (κ2) is 12.5. The molecule has 1 heterocycles. The molecule has 5 nitrogen and oxygen atoms in total. The smallest absolute Gasteiger partial charge is 0.191 e. The van der Waals surface area contributed by atoms with Gasteiger partial charge in [0.15, 0.2) is 5.96 Å². The topological polar surface area (TPSA) is 65.9 Å². The van der Waals surface area contributed by atoms with E-state index in [9.17, 15) is 5.11 Å². The third-order valence-corrected chi connectivity index (χ3v) is 4.09. The van der Waals surface area contributed by atoms with Crippen LogP contribution in [0, 0.1) is 0 Å². The molecule has 24 heavy (non-hydrogen) atoms. The third kappa shape index (κ3) is 7.36. The van der Waals surface area contributed by atoms with E-state index >= 15 is 0 Å². The van der Waals surface area contributed by atoms with Crippen LogP contribution in [0.2, 0.25) is 0 Å². The lowest BCUT2D eigenvalue weighted by Crippen LogP contribution is -2.39. The Bertz CT molecular complexity index is 465. The van der Waals surface area contributed by atoms with Gasteiger partial charge in [0.2, 0.25) is 0 Å². The van der Waals surface area contributed by atoms with Crippen molar-refractivity contribution in [3.63, 3.8) is 0 Å². The monoisotopic (exact) mass is 447 g/mol. The van der Waals surface area contributed by atoms with Crippen molar-refractivity contribution in [2.24, 2.45) is 4.99 Å². The fourth-order valence-corrected chi connectivity index (χ4v) is 2.76. The molecule has 1 aliphatic heterocycles. The summed E-state index contributed by atoms with van der Waals surface area (Å²) in [4.78, 5) is 4.62.